The lowest BCUT2D eigenvalue weighted by atomic mass is 9.96. The normalized spacial score (nSPS) is 15.5. The number of rotatable bonds is 6. The lowest BCUT2D eigenvalue weighted by molar-refractivity contribution is 0.0937. The van der Waals surface area contributed by atoms with Gasteiger partial charge in [0.05, 0.1) is 5.69 Å². The van der Waals surface area contributed by atoms with Gasteiger partial charge in [0.15, 0.2) is 5.65 Å². The van der Waals surface area contributed by atoms with Crippen LogP contribution >= 0.6 is 0 Å². The van der Waals surface area contributed by atoms with Gasteiger partial charge in [-0.25, -0.2) is 18.3 Å². The highest BCUT2D eigenvalue weighted by Gasteiger charge is 2.21. The molecule has 0 unspecified atom stereocenters. The Hall–Kier alpha value is -3.07. The zero-order chi connectivity index (χ0) is 22.0. The van der Waals surface area contributed by atoms with E-state index in [1.807, 2.05) is 0 Å². The first-order chi connectivity index (χ1) is 15.0. The van der Waals surface area contributed by atoms with Crippen molar-refractivity contribution in [3.05, 3.63) is 58.0 Å². The molecule has 0 saturated carbocycles. The third-order valence-corrected chi connectivity index (χ3v) is 5.75. The van der Waals surface area contributed by atoms with Crippen LogP contribution in [-0.4, -0.2) is 51.6 Å². The Morgan fingerprint density at radius 3 is 2.74 bits per heavy atom. The van der Waals surface area contributed by atoms with Gasteiger partial charge in [-0.2, -0.15) is 0 Å². The molecule has 0 radical (unpaired) electrons. The highest BCUT2D eigenvalue weighted by Crippen LogP contribution is 2.22. The molecular formula is C22H25F2N5O2. The molecule has 0 atom stereocenters. The number of benzene rings is 1. The molecular weight excluding hydrogens is 404 g/mol. The SMILES string of the molecule is CCCN1CCC(CNC(=O)c2c[nH]n3c(=O)cc(-c4ccc(F)cc4F)nc23)CC1. The van der Waals surface area contributed by atoms with Crippen LogP contribution in [-0.2, 0) is 0 Å². The van der Waals surface area contributed by atoms with Gasteiger partial charge in [0.2, 0.25) is 0 Å². The lowest BCUT2D eigenvalue weighted by Gasteiger charge is -2.31. The minimum absolute atomic E-state index is 0.00704. The summed E-state index contributed by atoms with van der Waals surface area (Å²) in [5.74, 6) is -1.49. The Balaban J connectivity index is 1.52. The Kier molecular flexibility index (Phi) is 6.13. The number of fused-ring (bicyclic) bond motifs is 1. The summed E-state index contributed by atoms with van der Waals surface area (Å²) < 4.78 is 28.5. The van der Waals surface area contributed by atoms with Gasteiger partial charge in [-0.3, -0.25) is 14.7 Å². The summed E-state index contributed by atoms with van der Waals surface area (Å²) in [7, 11) is 0. The van der Waals surface area contributed by atoms with Crippen LogP contribution < -0.4 is 10.9 Å². The van der Waals surface area contributed by atoms with Gasteiger partial charge in [-0.1, -0.05) is 6.92 Å². The summed E-state index contributed by atoms with van der Waals surface area (Å²) in [6.45, 7) is 5.89. The van der Waals surface area contributed by atoms with Crippen LogP contribution in [0.5, 0.6) is 0 Å². The molecule has 1 aliphatic rings. The zero-order valence-electron chi connectivity index (χ0n) is 17.3. The quantitative estimate of drug-likeness (QED) is 0.631. The fourth-order valence-electron chi connectivity index (χ4n) is 4.05. The number of carbonyl (C=O) groups is 1. The highest BCUT2D eigenvalue weighted by molar-refractivity contribution is 5.99. The first-order valence-corrected chi connectivity index (χ1v) is 10.5. The van der Waals surface area contributed by atoms with E-state index in [1.165, 1.54) is 12.3 Å². The predicted octanol–water partition coefficient (Wildman–Crippen LogP) is 2.82. The van der Waals surface area contributed by atoms with Crippen LogP contribution in [0.1, 0.15) is 36.5 Å². The van der Waals surface area contributed by atoms with E-state index >= 15 is 0 Å². The first-order valence-electron chi connectivity index (χ1n) is 10.5. The van der Waals surface area contributed by atoms with E-state index in [4.69, 9.17) is 0 Å². The third-order valence-electron chi connectivity index (χ3n) is 5.75. The fourth-order valence-corrected chi connectivity index (χ4v) is 4.05. The number of H-pyrrole nitrogens is 1. The molecule has 2 aromatic heterocycles. The van der Waals surface area contributed by atoms with Crippen molar-refractivity contribution in [3.8, 4) is 11.3 Å². The number of hydrogen-bond acceptors (Lipinski definition) is 4. The van der Waals surface area contributed by atoms with E-state index < -0.39 is 17.2 Å². The molecule has 3 aromatic rings. The maximum Gasteiger partial charge on any atom is 0.273 e. The Morgan fingerprint density at radius 2 is 2.03 bits per heavy atom. The smallest absolute Gasteiger partial charge is 0.273 e. The van der Waals surface area contributed by atoms with Gasteiger partial charge < -0.3 is 10.2 Å². The molecule has 164 valence electrons. The van der Waals surface area contributed by atoms with Crippen molar-refractivity contribution in [2.75, 3.05) is 26.2 Å². The third kappa shape index (κ3) is 4.51. The van der Waals surface area contributed by atoms with Gasteiger partial charge in [-0.05, 0) is 56.9 Å². The average molecular weight is 429 g/mol. The van der Waals surface area contributed by atoms with Crippen molar-refractivity contribution in [2.24, 2.45) is 5.92 Å². The van der Waals surface area contributed by atoms with Crippen LogP contribution in [0.25, 0.3) is 16.9 Å². The van der Waals surface area contributed by atoms with E-state index in [9.17, 15) is 18.4 Å². The summed E-state index contributed by atoms with van der Waals surface area (Å²) >= 11 is 0. The standard InChI is InChI=1S/C22H25F2N5O2/c1-2-7-28-8-5-14(6-9-28)12-25-22(31)17-13-26-29-20(30)11-19(27-21(17)29)16-4-3-15(23)10-18(16)24/h3-4,10-11,13-14,26H,2,5-9,12H2,1H3,(H,25,31). The zero-order valence-corrected chi connectivity index (χ0v) is 17.3. The number of aromatic amines is 1. The van der Waals surface area contributed by atoms with Gasteiger partial charge >= 0.3 is 0 Å². The number of amides is 1. The van der Waals surface area contributed by atoms with Crippen molar-refractivity contribution in [1.29, 1.82) is 0 Å². The number of carbonyl (C=O) groups excluding carboxylic acids is 1. The van der Waals surface area contributed by atoms with Gasteiger partial charge in [0.25, 0.3) is 11.5 Å². The molecule has 2 N–H and O–H groups in total. The number of piperidine rings is 1. The van der Waals surface area contributed by atoms with E-state index in [-0.39, 0.29) is 28.4 Å². The Bertz CT molecular complexity index is 1150. The Morgan fingerprint density at radius 1 is 1.26 bits per heavy atom. The highest BCUT2D eigenvalue weighted by atomic mass is 19.1. The number of halogens is 2. The minimum atomic E-state index is -0.827. The van der Waals surface area contributed by atoms with Crippen LogP contribution in [0.15, 0.2) is 35.3 Å². The molecule has 31 heavy (non-hydrogen) atoms. The van der Waals surface area contributed by atoms with Crippen LogP contribution in [0.2, 0.25) is 0 Å². The number of nitrogens with zero attached hydrogens (tertiary/aromatic N) is 3. The molecule has 0 aliphatic carbocycles. The molecule has 3 heterocycles. The first kappa shape index (κ1) is 21.2. The molecule has 1 saturated heterocycles. The topological polar surface area (TPSA) is 82.5 Å². The Labute approximate surface area is 178 Å². The summed E-state index contributed by atoms with van der Waals surface area (Å²) in [6.07, 6.45) is 4.60. The number of hydrogen-bond donors (Lipinski definition) is 2. The number of aromatic nitrogens is 3. The van der Waals surface area contributed by atoms with Gasteiger partial charge in [0, 0.05) is 30.4 Å². The predicted molar refractivity (Wildman–Crippen MR) is 113 cm³/mol. The maximum absolute atomic E-state index is 14.2. The van der Waals surface area contributed by atoms with Crippen molar-refractivity contribution in [2.45, 2.75) is 26.2 Å². The molecule has 0 bridgehead atoms. The fraction of sp³-hybridized carbons (Fsp3) is 0.409. The van der Waals surface area contributed by atoms with Crippen molar-refractivity contribution in [1.82, 2.24) is 24.8 Å². The van der Waals surface area contributed by atoms with E-state index in [2.05, 4.69) is 27.2 Å². The van der Waals surface area contributed by atoms with Gasteiger partial charge in [-0.15, -0.1) is 0 Å². The summed E-state index contributed by atoms with van der Waals surface area (Å²) in [4.78, 5) is 32.0. The van der Waals surface area contributed by atoms with Crippen LogP contribution in [0.3, 0.4) is 0 Å². The summed E-state index contributed by atoms with van der Waals surface area (Å²) in [5, 5.41) is 5.65. The molecule has 1 aromatic carbocycles. The summed E-state index contributed by atoms with van der Waals surface area (Å²) in [5.41, 5.74) is -0.163. The molecule has 9 heteroatoms. The largest absolute Gasteiger partial charge is 0.352 e. The van der Waals surface area contributed by atoms with Crippen molar-refractivity contribution >= 4 is 11.6 Å². The monoisotopic (exact) mass is 429 g/mol. The molecule has 0 spiro atoms. The second kappa shape index (κ2) is 8.97. The number of likely N-dealkylation sites (tertiary alicyclic amines) is 1. The molecule has 7 nitrogen and oxygen atoms in total. The van der Waals surface area contributed by atoms with Crippen LogP contribution in [0, 0.1) is 17.6 Å². The van der Waals surface area contributed by atoms with E-state index in [1.54, 1.807) is 0 Å². The molecule has 1 amide bonds. The van der Waals surface area contributed by atoms with Gasteiger partial charge in [0.1, 0.15) is 17.2 Å². The minimum Gasteiger partial charge on any atom is -0.352 e. The van der Waals surface area contributed by atoms with Crippen molar-refractivity contribution < 1.29 is 13.6 Å². The van der Waals surface area contributed by atoms with E-state index in [0.29, 0.717) is 12.5 Å². The average Bonchev–Trinajstić information content (AvgIpc) is 3.18. The molecule has 1 fully saturated rings. The summed E-state index contributed by atoms with van der Waals surface area (Å²) in [6, 6.07) is 4.19. The van der Waals surface area contributed by atoms with Crippen molar-refractivity contribution in [3.63, 3.8) is 0 Å². The van der Waals surface area contributed by atoms with Crippen LogP contribution in [0.4, 0.5) is 8.78 Å². The second-order valence-electron chi connectivity index (χ2n) is 7.94. The second-order valence-corrected chi connectivity index (χ2v) is 7.94. The van der Waals surface area contributed by atoms with E-state index in [0.717, 1.165) is 61.6 Å². The molecule has 1 aliphatic heterocycles. The molecule has 4 rings (SSSR count). The lowest BCUT2D eigenvalue weighted by Crippen LogP contribution is -2.38. The maximum atomic E-state index is 14.2. The number of nitrogens with one attached hydrogen (secondary N) is 2.